The van der Waals surface area contributed by atoms with Gasteiger partial charge in [0.15, 0.2) is 0 Å². The third-order valence-electron chi connectivity index (χ3n) is 3.79. The topological polar surface area (TPSA) is 72.6 Å². The molecule has 0 atom stereocenters. The van der Waals surface area contributed by atoms with Crippen LogP contribution >= 0.6 is 11.6 Å². The van der Waals surface area contributed by atoms with Crippen molar-refractivity contribution in [2.45, 2.75) is 20.0 Å². The van der Waals surface area contributed by atoms with Gasteiger partial charge in [-0.05, 0) is 38.1 Å². The Morgan fingerprint density at radius 3 is 2.73 bits per heavy atom. The van der Waals surface area contributed by atoms with Crippen LogP contribution in [0.4, 0.5) is 0 Å². The molecule has 0 radical (unpaired) electrons. The van der Waals surface area contributed by atoms with E-state index in [-0.39, 0.29) is 12.0 Å². The fraction of sp³-hybridized carbons (Fsp3) is 0.150. The summed E-state index contributed by atoms with van der Waals surface area (Å²) in [5.41, 5.74) is 2.98. The summed E-state index contributed by atoms with van der Waals surface area (Å²) in [7, 11) is 0. The number of benzene rings is 2. The highest BCUT2D eigenvalue weighted by molar-refractivity contribution is 6.32. The molecule has 0 amide bonds. The van der Waals surface area contributed by atoms with Gasteiger partial charge in [0.1, 0.15) is 5.75 Å². The molecule has 0 aliphatic rings. The van der Waals surface area contributed by atoms with E-state index < -0.39 is 0 Å². The number of aromatic nitrogens is 1. The smallest absolute Gasteiger partial charge is 0.245 e. The van der Waals surface area contributed by atoms with Crippen LogP contribution in [0, 0.1) is 0 Å². The molecule has 1 aromatic heterocycles. The number of aromatic amines is 1. The lowest BCUT2D eigenvalue weighted by Gasteiger charge is -2.13. The predicted molar refractivity (Wildman–Crippen MR) is 106 cm³/mol. The van der Waals surface area contributed by atoms with Crippen molar-refractivity contribution in [3.05, 3.63) is 71.4 Å². The zero-order valence-corrected chi connectivity index (χ0v) is 15.4. The Hall–Kier alpha value is -2.76. The number of ether oxygens (including phenoxy) is 1. The van der Waals surface area contributed by atoms with Gasteiger partial charge in [0.25, 0.3) is 0 Å². The Morgan fingerprint density at radius 2 is 2.04 bits per heavy atom. The molecule has 5 nitrogen and oxygen atoms in total. The highest BCUT2D eigenvalue weighted by Gasteiger charge is 2.12. The molecule has 0 aliphatic heterocycles. The van der Waals surface area contributed by atoms with Crippen molar-refractivity contribution in [1.29, 1.82) is 0 Å². The maximum Gasteiger partial charge on any atom is 0.245 e. The highest BCUT2D eigenvalue weighted by atomic mass is 35.5. The van der Waals surface area contributed by atoms with Crippen LogP contribution in [0.1, 0.15) is 25.0 Å². The largest absolute Gasteiger partial charge is 0.489 e. The summed E-state index contributed by atoms with van der Waals surface area (Å²) >= 11 is 6.29. The summed E-state index contributed by atoms with van der Waals surface area (Å²) in [6.07, 6.45) is 1.90. The molecule has 0 spiro atoms. The van der Waals surface area contributed by atoms with Gasteiger partial charge in [-0.1, -0.05) is 36.4 Å². The lowest BCUT2D eigenvalue weighted by molar-refractivity contribution is 0.242. The van der Waals surface area contributed by atoms with Gasteiger partial charge in [-0.3, -0.25) is 0 Å². The van der Waals surface area contributed by atoms with Gasteiger partial charge in [0.05, 0.1) is 22.3 Å². The Balaban J connectivity index is 1.94. The first-order valence-corrected chi connectivity index (χ1v) is 8.54. The van der Waals surface area contributed by atoms with Gasteiger partial charge in [-0.2, -0.15) is 5.90 Å². The maximum atomic E-state index is 6.29. The fourth-order valence-corrected chi connectivity index (χ4v) is 2.88. The average molecular weight is 370 g/mol. The minimum absolute atomic E-state index is 0.0262. The molecule has 2 aromatic carbocycles. The molecule has 0 saturated heterocycles. The molecule has 0 saturated carbocycles. The van der Waals surface area contributed by atoms with Crippen LogP contribution in [0.5, 0.6) is 5.75 Å². The average Bonchev–Trinajstić information content (AvgIpc) is 3.09. The first-order chi connectivity index (χ1) is 12.5. The lowest BCUT2D eigenvalue weighted by atomic mass is 10.1. The first kappa shape index (κ1) is 18.0. The summed E-state index contributed by atoms with van der Waals surface area (Å²) in [5, 5.41) is 1.53. The minimum atomic E-state index is 0.0262. The summed E-state index contributed by atoms with van der Waals surface area (Å²) in [6.45, 7) is 7.92. The van der Waals surface area contributed by atoms with E-state index in [1.165, 1.54) is 0 Å². The van der Waals surface area contributed by atoms with Crippen LogP contribution in [0.3, 0.4) is 0 Å². The van der Waals surface area contributed by atoms with E-state index in [2.05, 4.69) is 16.6 Å². The molecule has 0 bridgehead atoms. The number of hydrogen-bond acceptors (Lipinski definition) is 4. The third kappa shape index (κ3) is 3.74. The van der Waals surface area contributed by atoms with Crippen LogP contribution < -0.4 is 10.6 Å². The number of fused-ring (bicyclic) bond motifs is 1. The van der Waals surface area contributed by atoms with Crippen molar-refractivity contribution in [1.82, 2.24) is 4.98 Å². The highest BCUT2D eigenvalue weighted by Crippen LogP contribution is 2.28. The molecule has 26 heavy (non-hydrogen) atoms. The molecule has 3 N–H and O–H groups in total. The Kier molecular flexibility index (Phi) is 5.30. The zero-order valence-electron chi connectivity index (χ0n) is 14.6. The zero-order chi connectivity index (χ0) is 18.7. The second kappa shape index (κ2) is 7.64. The number of aliphatic imine (C=N–C) groups is 1. The van der Waals surface area contributed by atoms with Crippen LogP contribution in [0.25, 0.3) is 16.6 Å². The molecule has 0 fully saturated rings. The van der Waals surface area contributed by atoms with Crippen LogP contribution in [0.2, 0.25) is 5.02 Å². The summed E-state index contributed by atoms with van der Waals surface area (Å²) in [6, 6.07) is 13.1. The van der Waals surface area contributed by atoms with Crippen molar-refractivity contribution < 1.29 is 9.57 Å². The molecule has 3 aromatic rings. The molecular formula is C20H20ClN3O2. The number of halogens is 1. The van der Waals surface area contributed by atoms with Crippen molar-refractivity contribution in [3.63, 3.8) is 0 Å². The van der Waals surface area contributed by atoms with E-state index in [4.69, 9.17) is 27.1 Å². The number of nitrogens with zero attached hydrogens (tertiary/aromatic N) is 1. The van der Waals surface area contributed by atoms with Crippen molar-refractivity contribution in [2.75, 3.05) is 0 Å². The number of hydrogen-bond donors (Lipinski definition) is 2. The number of nitrogens with two attached hydrogens (primary N) is 1. The van der Waals surface area contributed by atoms with Gasteiger partial charge in [0.2, 0.25) is 5.90 Å². The molecule has 0 unspecified atom stereocenters. The second-order valence-electron chi connectivity index (χ2n) is 6.04. The lowest BCUT2D eigenvalue weighted by Crippen LogP contribution is -2.13. The van der Waals surface area contributed by atoms with E-state index in [1.807, 2.05) is 44.3 Å². The quantitative estimate of drug-likeness (QED) is 0.381. The monoisotopic (exact) mass is 369 g/mol. The van der Waals surface area contributed by atoms with Gasteiger partial charge in [-0.15, -0.1) is 0 Å². The molecule has 0 aliphatic carbocycles. The van der Waals surface area contributed by atoms with E-state index in [0.717, 1.165) is 16.5 Å². The number of nitrogens with one attached hydrogen (secondary N) is 1. The maximum absolute atomic E-state index is 6.29. The molecule has 6 heteroatoms. The minimum Gasteiger partial charge on any atom is -0.489 e. The van der Waals surface area contributed by atoms with Gasteiger partial charge >= 0.3 is 0 Å². The summed E-state index contributed by atoms with van der Waals surface area (Å²) in [5.74, 6) is 6.25. The Morgan fingerprint density at radius 1 is 1.23 bits per heavy atom. The Bertz CT molecular complexity index is 976. The molecule has 134 valence electrons. The summed E-state index contributed by atoms with van der Waals surface area (Å²) in [4.78, 5) is 12.6. The van der Waals surface area contributed by atoms with E-state index >= 15 is 0 Å². The van der Waals surface area contributed by atoms with E-state index in [1.54, 1.807) is 18.2 Å². The number of H-pyrrole nitrogens is 1. The van der Waals surface area contributed by atoms with Crippen molar-refractivity contribution >= 4 is 34.1 Å². The third-order valence-corrected chi connectivity index (χ3v) is 4.08. The van der Waals surface area contributed by atoms with Crippen LogP contribution in [-0.2, 0) is 4.84 Å². The number of para-hydroxylation sites is 1. The summed E-state index contributed by atoms with van der Waals surface area (Å²) < 4.78 is 5.64. The normalized spacial score (nSPS) is 11.8. The van der Waals surface area contributed by atoms with Crippen LogP contribution in [0.15, 0.2) is 60.2 Å². The standard InChI is InChI=1S/C20H20ClN3O2/c1-12(2)25-18-8-7-15(11-17(18)21)20(26-22)24-13(3)16-6-4-5-14-9-10-23-19(14)16/h4-12,23H,3,22H2,1-2H3. The second-order valence-corrected chi connectivity index (χ2v) is 6.45. The van der Waals surface area contributed by atoms with Crippen molar-refractivity contribution in [2.24, 2.45) is 10.9 Å². The molecule has 3 rings (SSSR count). The van der Waals surface area contributed by atoms with E-state index in [0.29, 0.717) is 22.0 Å². The Labute approximate surface area is 157 Å². The van der Waals surface area contributed by atoms with Crippen molar-refractivity contribution in [3.8, 4) is 5.75 Å². The molecular weight excluding hydrogens is 350 g/mol. The fourth-order valence-electron chi connectivity index (χ4n) is 2.65. The van der Waals surface area contributed by atoms with Crippen LogP contribution in [-0.4, -0.2) is 17.0 Å². The SMILES string of the molecule is C=C(N=C(ON)c1ccc(OC(C)C)c(Cl)c1)c1cccc2cc[nH]c12. The first-order valence-electron chi connectivity index (χ1n) is 8.17. The van der Waals surface area contributed by atoms with Gasteiger partial charge < -0.3 is 14.6 Å². The molecule has 1 heterocycles. The van der Waals surface area contributed by atoms with E-state index in [9.17, 15) is 0 Å². The van der Waals surface area contributed by atoms with Gasteiger partial charge in [0, 0.05) is 22.7 Å². The predicted octanol–water partition coefficient (Wildman–Crippen LogP) is 4.92. The van der Waals surface area contributed by atoms with Gasteiger partial charge in [-0.25, -0.2) is 4.99 Å². The number of rotatable bonds is 5.